The Bertz CT molecular complexity index is 1310. The van der Waals surface area contributed by atoms with Crippen molar-refractivity contribution in [2.24, 2.45) is 0 Å². The van der Waals surface area contributed by atoms with Crippen LogP contribution in [-0.2, 0) is 39.1 Å². The second-order valence-electron chi connectivity index (χ2n) is 21.1. The molecule has 2 aliphatic heterocycles. The van der Waals surface area contributed by atoms with Crippen LogP contribution in [0.3, 0.4) is 0 Å². The van der Waals surface area contributed by atoms with Crippen LogP contribution in [0.2, 0.25) is 0 Å². The van der Waals surface area contributed by atoms with Gasteiger partial charge in [0.25, 0.3) is 0 Å². The van der Waals surface area contributed by atoms with Gasteiger partial charge in [-0.2, -0.15) is 0 Å². The van der Waals surface area contributed by atoms with Gasteiger partial charge >= 0.3 is 11.9 Å². The summed E-state index contributed by atoms with van der Waals surface area (Å²) in [6.45, 7) is 12.6. The van der Waals surface area contributed by atoms with Gasteiger partial charge in [0.15, 0.2) is 0 Å². The number of carbonyl (C=O) groups is 4. The van der Waals surface area contributed by atoms with Gasteiger partial charge in [-0.1, -0.05) is 164 Å². The fourth-order valence-electron chi connectivity index (χ4n) is 9.58. The molecule has 2 fully saturated rings. The zero-order valence-electron chi connectivity index (χ0n) is 43.5. The van der Waals surface area contributed by atoms with E-state index in [2.05, 4.69) is 24.5 Å². The number of carboxylic acid groups (broad SMARTS) is 2. The van der Waals surface area contributed by atoms with Crippen molar-refractivity contribution in [1.29, 1.82) is 0 Å². The van der Waals surface area contributed by atoms with E-state index in [0.29, 0.717) is 63.2 Å². The molecule has 0 saturated carbocycles. The van der Waals surface area contributed by atoms with Crippen LogP contribution >= 0.6 is 21.6 Å². The minimum Gasteiger partial charge on any atom is -0.480 e. The summed E-state index contributed by atoms with van der Waals surface area (Å²) in [7, 11) is 2.77. The second-order valence-corrected chi connectivity index (χ2v) is 23.8. The molecule has 0 bridgehead atoms. The highest BCUT2D eigenvalue weighted by Crippen LogP contribution is 2.42. The number of hydrogen-bond donors (Lipinski definition) is 4. The summed E-state index contributed by atoms with van der Waals surface area (Å²) < 4.78 is 12.4. The number of aliphatic carboxylic acids is 2. The SMILES string of the molecule is CCCCCCCCCCCCCC1(CCCC(=O)NC(CCSSCCC(NC(=O)CCCC2(CCCCCCCCCCCCC)OCC(C)(C)N2[O])C(=O)O)C(=O)O)OCC(C)(C)N1[O]. The number of nitrogens with one attached hydrogen (secondary N) is 2. The highest BCUT2D eigenvalue weighted by atomic mass is 33.1. The van der Waals surface area contributed by atoms with Crippen molar-refractivity contribution >= 4 is 45.3 Å². The third-order valence-electron chi connectivity index (χ3n) is 13.8. The molecule has 4 atom stereocenters. The number of amides is 2. The monoisotopic (exact) mass is 1000 g/mol. The Hall–Kier alpha value is -1.66. The van der Waals surface area contributed by atoms with Gasteiger partial charge in [0.05, 0.1) is 24.3 Å². The lowest BCUT2D eigenvalue weighted by molar-refractivity contribution is -0.296. The van der Waals surface area contributed by atoms with Crippen LogP contribution in [0.1, 0.15) is 247 Å². The van der Waals surface area contributed by atoms with E-state index in [-0.39, 0.29) is 37.5 Å². The third kappa shape index (κ3) is 24.2. The van der Waals surface area contributed by atoms with Crippen LogP contribution in [0.5, 0.6) is 0 Å². The molecule has 0 aromatic rings. The van der Waals surface area contributed by atoms with E-state index >= 15 is 0 Å². The molecule has 2 rings (SSSR count). The first-order valence-electron chi connectivity index (χ1n) is 27.0. The number of hydrogen-bond acceptors (Lipinski definition) is 10. The minimum absolute atomic E-state index is 0.0783. The summed E-state index contributed by atoms with van der Waals surface area (Å²) in [6, 6.07) is -2.17. The lowest BCUT2D eigenvalue weighted by Crippen LogP contribution is -2.49. The molecular formula is C52H96N4O10S2. The van der Waals surface area contributed by atoms with Crippen LogP contribution in [0.25, 0.3) is 0 Å². The maximum Gasteiger partial charge on any atom is 0.326 e. The molecule has 4 unspecified atom stereocenters. The molecule has 396 valence electrons. The van der Waals surface area contributed by atoms with E-state index in [4.69, 9.17) is 9.47 Å². The molecular weight excluding hydrogens is 905 g/mol. The molecule has 2 amide bonds. The van der Waals surface area contributed by atoms with Crippen molar-refractivity contribution in [3.05, 3.63) is 0 Å². The largest absolute Gasteiger partial charge is 0.480 e. The van der Waals surface area contributed by atoms with Gasteiger partial charge in [0.1, 0.15) is 23.5 Å². The normalized spacial score (nSPS) is 21.2. The summed E-state index contributed by atoms with van der Waals surface area (Å²) in [5.41, 5.74) is -3.28. The molecule has 0 aliphatic carbocycles. The molecule has 16 heteroatoms. The minimum atomic E-state index is -1.14. The number of ether oxygens (including phenoxy) is 2. The van der Waals surface area contributed by atoms with E-state index in [0.717, 1.165) is 48.7 Å². The quantitative estimate of drug-likeness (QED) is 0.0334. The van der Waals surface area contributed by atoms with Crippen LogP contribution in [0.4, 0.5) is 0 Å². The number of rotatable bonds is 43. The standard InChI is InChI=1S/C52H96N4O10S2/c1-7-9-11-13-15-17-19-21-23-25-27-35-51(55(63)49(3,4)41-65-51)37-29-31-45(57)53-43(47(59)60)33-39-67-68-40-34-44(48(61)62)54-46(58)32-30-38-52(56(64)50(5,6)42-66-52)36-28-26-24-22-20-18-16-14-12-10-8-2/h43-44H,7-42H2,1-6H3,(H,53,57)(H,54,58)(H,59,60)(H,61,62). The number of carbonyl (C=O) groups excluding carboxylic acids is 2. The second kappa shape index (κ2) is 34.7. The van der Waals surface area contributed by atoms with E-state index in [1.807, 2.05) is 27.7 Å². The summed E-state index contributed by atoms with van der Waals surface area (Å²) in [6.07, 6.45) is 29.9. The first-order chi connectivity index (χ1) is 32.4. The summed E-state index contributed by atoms with van der Waals surface area (Å²) in [4.78, 5) is 50.0. The Labute approximate surface area is 420 Å². The van der Waals surface area contributed by atoms with Crippen molar-refractivity contribution in [2.75, 3.05) is 24.7 Å². The Morgan fingerprint density at radius 3 is 1.03 bits per heavy atom. The zero-order valence-corrected chi connectivity index (χ0v) is 45.1. The number of hydroxylamine groups is 4. The van der Waals surface area contributed by atoms with Gasteiger partial charge in [-0.15, -0.1) is 20.5 Å². The lowest BCUT2D eigenvalue weighted by Gasteiger charge is -2.35. The van der Waals surface area contributed by atoms with E-state index in [1.54, 1.807) is 0 Å². The molecule has 2 saturated heterocycles. The summed E-state index contributed by atoms with van der Waals surface area (Å²) in [5, 5.41) is 54.1. The first kappa shape index (κ1) is 62.5. The van der Waals surface area contributed by atoms with E-state index in [9.17, 15) is 39.8 Å². The number of unbranched alkanes of at least 4 members (excludes halogenated alkanes) is 20. The predicted octanol–water partition coefficient (Wildman–Crippen LogP) is 12.3. The average Bonchev–Trinajstić information content (AvgIpc) is 3.66. The Morgan fingerprint density at radius 1 is 0.485 bits per heavy atom. The average molecular weight is 1000 g/mol. The molecule has 2 heterocycles. The number of nitrogens with zero attached hydrogens (tertiary/aromatic N) is 2. The van der Waals surface area contributed by atoms with Crippen LogP contribution in [-0.4, -0.2) is 103 Å². The van der Waals surface area contributed by atoms with Crippen LogP contribution in [0.15, 0.2) is 0 Å². The van der Waals surface area contributed by atoms with Crippen molar-refractivity contribution < 1.29 is 49.3 Å². The van der Waals surface area contributed by atoms with Crippen molar-refractivity contribution in [3.63, 3.8) is 0 Å². The molecule has 0 aromatic heterocycles. The van der Waals surface area contributed by atoms with Gasteiger partial charge in [-0.05, 0) is 91.9 Å². The van der Waals surface area contributed by atoms with Crippen LogP contribution < -0.4 is 10.6 Å². The molecule has 4 N–H and O–H groups in total. The third-order valence-corrected chi connectivity index (χ3v) is 16.3. The highest BCUT2D eigenvalue weighted by Gasteiger charge is 2.53. The van der Waals surface area contributed by atoms with Crippen LogP contribution in [0, 0.1) is 0 Å². The lowest BCUT2D eigenvalue weighted by atomic mass is 9.95. The fourth-order valence-corrected chi connectivity index (χ4v) is 11.8. The number of carboxylic acids is 2. The van der Waals surface area contributed by atoms with Gasteiger partial charge in [-0.25, -0.2) is 9.59 Å². The molecule has 68 heavy (non-hydrogen) atoms. The molecule has 2 radical (unpaired) electrons. The van der Waals surface area contributed by atoms with Gasteiger partial charge in [0.2, 0.25) is 11.8 Å². The van der Waals surface area contributed by atoms with Crippen molar-refractivity contribution in [3.8, 4) is 0 Å². The zero-order chi connectivity index (χ0) is 50.3. The molecule has 0 aromatic carbocycles. The van der Waals surface area contributed by atoms with E-state index in [1.165, 1.54) is 124 Å². The highest BCUT2D eigenvalue weighted by molar-refractivity contribution is 8.76. The predicted molar refractivity (Wildman–Crippen MR) is 274 cm³/mol. The molecule has 14 nitrogen and oxygen atoms in total. The smallest absolute Gasteiger partial charge is 0.326 e. The summed E-state index contributed by atoms with van der Waals surface area (Å²) in [5.74, 6) is -2.25. The van der Waals surface area contributed by atoms with E-state index < -0.39 is 46.6 Å². The Balaban J connectivity index is 1.70. The Kier molecular flexibility index (Phi) is 31.8. The fraction of sp³-hybridized carbons (Fsp3) is 0.923. The van der Waals surface area contributed by atoms with Crippen molar-refractivity contribution in [2.45, 2.75) is 282 Å². The van der Waals surface area contributed by atoms with Gasteiger partial charge in [0, 0.05) is 24.3 Å². The van der Waals surface area contributed by atoms with Gasteiger partial charge < -0.3 is 30.3 Å². The first-order valence-corrected chi connectivity index (χ1v) is 29.5. The molecule has 2 aliphatic rings. The summed E-state index contributed by atoms with van der Waals surface area (Å²) >= 11 is 0. The maximum absolute atomic E-state index is 13.5. The Morgan fingerprint density at radius 2 is 0.765 bits per heavy atom. The molecule has 0 spiro atoms. The van der Waals surface area contributed by atoms with Gasteiger partial charge in [-0.3, -0.25) is 9.59 Å². The topological polar surface area (TPSA) is 198 Å². The van der Waals surface area contributed by atoms with Crippen molar-refractivity contribution in [1.82, 2.24) is 20.8 Å². The maximum atomic E-state index is 13.5.